The highest BCUT2D eigenvalue weighted by Gasteiger charge is 2.34. The van der Waals surface area contributed by atoms with Crippen molar-refractivity contribution < 1.29 is 22.4 Å². The fraction of sp³-hybridized carbons (Fsp3) is 0.310. The zero-order chi connectivity index (χ0) is 30.3. The van der Waals surface area contributed by atoms with Crippen LogP contribution in [0.5, 0.6) is 0 Å². The van der Waals surface area contributed by atoms with Crippen molar-refractivity contribution in [3.8, 4) is 0 Å². The lowest BCUT2D eigenvalue weighted by atomic mass is 10.0. The van der Waals surface area contributed by atoms with Crippen molar-refractivity contribution in [3.05, 3.63) is 98.7 Å². The molecule has 0 saturated heterocycles. The number of carbonyl (C=O) groups is 2. The minimum absolute atomic E-state index is 0.00774. The van der Waals surface area contributed by atoms with Gasteiger partial charge in [-0.05, 0) is 49.2 Å². The highest BCUT2D eigenvalue weighted by Crippen LogP contribution is 2.29. The standard InChI is InChI=1S/C29H31Cl3FN3O4S/c1-4-19(2)34-29(38)27(15-20-9-6-5-7-10-20)35(17-22-23(30)11-8-12-24(22)31)28(37)18-36(41(3,39)40)21-13-14-26(33)25(32)16-21/h5-14,16,19,27H,4,15,17-18H2,1-3H3,(H,34,38)/t19-,27-/m1/s1. The topological polar surface area (TPSA) is 86.8 Å². The predicted octanol–water partition coefficient (Wildman–Crippen LogP) is 6.11. The largest absolute Gasteiger partial charge is 0.352 e. The van der Waals surface area contributed by atoms with Gasteiger partial charge in [-0.3, -0.25) is 13.9 Å². The third-order valence-corrected chi connectivity index (χ3v) is 8.67. The maximum Gasteiger partial charge on any atom is 0.244 e. The molecule has 0 fully saturated rings. The molecule has 1 N–H and O–H groups in total. The first kappa shape index (κ1) is 32.7. The van der Waals surface area contributed by atoms with E-state index in [1.54, 1.807) is 18.2 Å². The molecule has 12 heteroatoms. The highest BCUT2D eigenvalue weighted by molar-refractivity contribution is 7.92. The van der Waals surface area contributed by atoms with E-state index in [2.05, 4.69) is 5.32 Å². The number of rotatable bonds is 12. The second kappa shape index (κ2) is 14.4. The Bertz CT molecular complexity index is 1470. The summed E-state index contributed by atoms with van der Waals surface area (Å²) in [4.78, 5) is 29.1. The van der Waals surface area contributed by atoms with Crippen LogP contribution in [0, 0.1) is 5.82 Å². The van der Waals surface area contributed by atoms with Crippen LogP contribution in [0.15, 0.2) is 66.7 Å². The van der Waals surface area contributed by atoms with Crippen LogP contribution >= 0.6 is 34.8 Å². The molecule has 7 nitrogen and oxygen atoms in total. The highest BCUT2D eigenvalue weighted by atomic mass is 35.5. The van der Waals surface area contributed by atoms with E-state index < -0.39 is 40.2 Å². The minimum atomic E-state index is -4.04. The minimum Gasteiger partial charge on any atom is -0.352 e. The number of halogens is 4. The van der Waals surface area contributed by atoms with E-state index >= 15 is 0 Å². The van der Waals surface area contributed by atoms with Crippen molar-refractivity contribution in [2.45, 2.75) is 45.3 Å². The summed E-state index contributed by atoms with van der Waals surface area (Å²) >= 11 is 18.8. The van der Waals surface area contributed by atoms with Crippen LogP contribution in [-0.2, 0) is 32.6 Å². The van der Waals surface area contributed by atoms with Gasteiger partial charge in [-0.25, -0.2) is 12.8 Å². The van der Waals surface area contributed by atoms with E-state index in [0.717, 1.165) is 28.3 Å². The molecule has 41 heavy (non-hydrogen) atoms. The monoisotopic (exact) mass is 641 g/mol. The molecular weight excluding hydrogens is 612 g/mol. The molecule has 0 heterocycles. The first-order valence-corrected chi connectivity index (χ1v) is 15.8. The number of amides is 2. The maximum absolute atomic E-state index is 14.1. The van der Waals surface area contributed by atoms with Crippen LogP contribution in [0.4, 0.5) is 10.1 Å². The van der Waals surface area contributed by atoms with Gasteiger partial charge in [0, 0.05) is 34.6 Å². The SMILES string of the molecule is CC[C@@H](C)NC(=O)[C@@H](Cc1ccccc1)N(Cc1c(Cl)cccc1Cl)C(=O)CN(c1ccc(F)c(Cl)c1)S(C)(=O)=O. The smallest absolute Gasteiger partial charge is 0.244 e. The lowest BCUT2D eigenvalue weighted by Crippen LogP contribution is -2.54. The van der Waals surface area contributed by atoms with Crippen LogP contribution in [0.3, 0.4) is 0 Å². The Morgan fingerprint density at radius 1 is 0.951 bits per heavy atom. The normalized spacial score (nSPS) is 12.9. The Morgan fingerprint density at radius 3 is 2.15 bits per heavy atom. The summed E-state index contributed by atoms with van der Waals surface area (Å²) in [6, 6.07) is 16.1. The summed E-state index contributed by atoms with van der Waals surface area (Å²) in [6.07, 6.45) is 1.71. The lowest BCUT2D eigenvalue weighted by Gasteiger charge is -2.34. The summed E-state index contributed by atoms with van der Waals surface area (Å²) in [5.41, 5.74) is 1.17. The van der Waals surface area contributed by atoms with Crippen molar-refractivity contribution in [3.63, 3.8) is 0 Å². The first-order valence-electron chi connectivity index (χ1n) is 12.8. The maximum atomic E-state index is 14.1. The van der Waals surface area contributed by atoms with E-state index in [9.17, 15) is 22.4 Å². The van der Waals surface area contributed by atoms with Gasteiger partial charge in [0.1, 0.15) is 18.4 Å². The van der Waals surface area contributed by atoms with Crippen LogP contribution in [0.2, 0.25) is 15.1 Å². The fourth-order valence-corrected chi connectivity index (χ4v) is 5.64. The Hall–Kier alpha value is -2.85. The van der Waals surface area contributed by atoms with Gasteiger partial charge < -0.3 is 10.2 Å². The number of benzene rings is 3. The fourth-order valence-electron chi connectivity index (χ4n) is 4.10. The van der Waals surface area contributed by atoms with Crippen molar-refractivity contribution in [1.29, 1.82) is 0 Å². The number of hydrogen-bond donors (Lipinski definition) is 1. The van der Waals surface area contributed by atoms with Crippen LogP contribution in [-0.4, -0.2) is 50.0 Å². The molecule has 2 amide bonds. The second-order valence-electron chi connectivity index (χ2n) is 9.61. The van der Waals surface area contributed by atoms with E-state index in [-0.39, 0.29) is 39.8 Å². The average Bonchev–Trinajstić information content (AvgIpc) is 2.92. The number of anilines is 1. The average molecular weight is 643 g/mol. The summed E-state index contributed by atoms with van der Waals surface area (Å²) < 4.78 is 40.3. The van der Waals surface area contributed by atoms with Gasteiger partial charge in [0.15, 0.2) is 0 Å². The van der Waals surface area contributed by atoms with Gasteiger partial charge in [-0.2, -0.15) is 0 Å². The molecule has 0 aliphatic heterocycles. The summed E-state index contributed by atoms with van der Waals surface area (Å²) in [5.74, 6) is -1.86. The summed E-state index contributed by atoms with van der Waals surface area (Å²) in [7, 11) is -4.04. The molecule has 0 spiro atoms. The third kappa shape index (κ3) is 8.82. The predicted molar refractivity (Wildman–Crippen MR) is 162 cm³/mol. The molecule has 0 bridgehead atoms. The van der Waals surface area contributed by atoms with E-state index in [1.807, 2.05) is 44.2 Å². The van der Waals surface area contributed by atoms with Crippen molar-refractivity contribution in [2.24, 2.45) is 0 Å². The molecule has 0 radical (unpaired) electrons. The van der Waals surface area contributed by atoms with Gasteiger partial charge in [0.25, 0.3) is 0 Å². The van der Waals surface area contributed by atoms with Gasteiger partial charge in [-0.1, -0.05) is 78.1 Å². The first-order chi connectivity index (χ1) is 19.3. The molecule has 3 aromatic rings. The van der Waals surface area contributed by atoms with E-state index in [4.69, 9.17) is 34.8 Å². The van der Waals surface area contributed by atoms with Crippen LogP contribution < -0.4 is 9.62 Å². The molecule has 0 aliphatic rings. The zero-order valence-corrected chi connectivity index (χ0v) is 25.9. The number of nitrogens with zero attached hydrogens (tertiary/aromatic N) is 2. The summed E-state index contributed by atoms with van der Waals surface area (Å²) in [6.45, 7) is 2.90. The zero-order valence-electron chi connectivity index (χ0n) is 22.8. The Kier molecular flexibility index (Phi) is 11.4. The Morgan fingerprint density at radius 2 is 1.59 bits per heavy atom. The number of sulfonamides is 1. The number of hydrogen-bond acceptors (Lipinski definition) is 4. The number of carbonyl (C=O) groups excluding carboxylic acids is 2. The van der Waals surface area contributed by atoms with Crippen molar-refractivity contribution in [1.82, 2.24) is 10.2 Å². The van der Waals surface area contributed by atoms with Gasteiger partial charge in [-0.15, -0.1) is 0 Å². The van der Waals surface area contributed by atoms with Crippen molar-refractivity contribution in [2.75, 3.05) is 17.1 Å². The molecular formula is C29H31Cl3FN3O4S. The Balaban J connectivity index is 2.12. The quantitative estimate of drug-likeness (QED) is 0.259. The van der Waals surface area contributed by atoms with E-state index in [0.29, 0.717) is 12.0 Å². The van der Waals surface area contributed by atoms with E-state index in [1.165, 1.54) is 11.0 Å². The van der Waals surface area contributed by atoms with Gasteiger partial charge in [0.2, 0.25) is 21.8 Å². The van der Waals surface area contributed by atoms with Gasteiger partial charge >= 0.3 is 0 Å². The number of nitrogens with one attached hydrogen (secondary N) is 1. The molecule has 3 aromatic carbocycles. The molecule has 0 unspecified atom stereocenters. The third-order valence-electron chi connectivity index (χ3n) is 6.53. The van der Waals surface area contributed by atoms with Crippen LogP contribution in [0.1, 0.15) is 31.4 Å². The second-order valence-corrected chi connectivity index (χ2v) is 12.7. The van der Waals surface area contributed by atoms with Gasteiger partial charge in [0.05, 0.1) is 17.0 Å². The van der Waals surface area contributed by atoms with Crippen molar-refractivity contribution >= 4 is 62.3 Å². The lowest BCUT2D eigenvalue weighted by molar-refractivity contribution is -0.140. The molecule has 3 rings (SSSR count). The molecule has 0 aliphatic carbocycles. The van der Waals surface area contributed by atoms with Crippen LogP contribution in [0.25, 0.3) is 0 Å². The Labute approximate surface area is 255 Å². The molecule has 220 valence electrons. The molecule has 0 saturated carbocycles. The molecule has 2 atom stereocenters. The molecule has 0 aromatic heterocycles. The summed E-state index contributed by atoms with van der Waals surface area (Å²) in [5, 5.41) is 3.19.